The molecule has 15 heteroatoms. The predicted molar refractivity (Wildman–Crippen MR) is 174 cm³/mol. The van der Waals surface area contributed by atoms with Gasteiger partial charge in [0.05, 0.1) is 6.04 Å². The third-order valence-corrected chi connectivity index (χ3v) is 13.6. The van der Waals surface area contributed by atoms with E-state index in [9.17, 15) is 37.1 Å². The maximum absolute atomic E-state index is 14.8. The number of ketones is 1. The van der Waals surface area contributed by atoms with Crippen LogP contribution in [-0.4, -0.2) is 81.7 Å². The number of likely N-dealkylation sites (tertiary alicyclic amines) is 1. The monoisotopic (exact) mass is 714 g/mol. The molecule has 9 rings (SSSR count). The molecule has 50 heavy (non-hydrogen) atoms. The standard InChI is InChI=1S/C35H41F3N6O5S/c36-35(37,38)33(49)43-27(34-13-17-9-18(14-34)11-19(10-17)15-34)32(48)44-16-21-3-1-4-22(21)25(44)29(47)41-24(12-20-6-8-39-28(20)46)26(45)31-42-23-5-2-7-40-30(23)50-31/h2,5,7,17-22,24-25,27H,1,3-4,6,8-16H2,(H,39,46)(H,41,47)(H,43,49)/t17?,18?,19?,20-,21-,22-,24-,25-,27+,34?/m0/s1. The summed E-state index contributed by atoms with van der Waals surface area (Å²) in [5.41, 5.74) is -0.275. The summed E-state index contributed by atoms with van der Waals surface area (Å²) in [4.78, 5) is 79.1. The number of carbonyl (C=O) groups is 5. The van der Waals surface area contributed by atoms with Crippen molar-refractivity contribution in [3.8, 4) is 0 Å². The number of rotatable bonds is 9. The average Bonchev–Trinajstić information content (AvgIpc) is 3.85. The van der Waals surface area contributed by atoms with Gasteiger partial charge in [-0.15, -0.1) is 0 Å². The molecular weight excluding hydrogens is 673 g/mol. The summed E-state index contributed by atoms with van der Waals surface area (Å²) in [5, 5.41) is 7.98. The summed E-state index contributed by atoms with van der Waals surface area (Å²) < 4.78 is 41.3. The maximum atomic E-state index is 14.8. The van der Waals surface area contributed by atoms with Crippen LogP contribution in [0.5, 0.6) is 0 Å². The van der Waals surface area contributed by atoms with Crippen LogP contribution >= 0.6 is 11.3 Å². The number of amides is 4. The van der Waals surface area contributed by atoms with Gasteiger partial charge in [0.2, 0.25) is 23.5 Å². The first-order valence-corrected chi connectivity index (χ1v) is 18.7. The van der Waals surface area contributed by atoms with E-state index in [2.05, 4.69) is 25.9 Å². The minimum atomic E-state index is -5.17. The van der Waals surface area contributed by atoms with E-state index in [1.165, 1.54) is 4.90 Å². The molecule has 0 aromatic carbocycles. The first kappa shape index (κ1) is 33.5. The lowest BCUT2D eigenvalue weighted by Gasteiger charge is -2.59. The second-order valence-electron chi connectivity index (χ2n) is 15.8. The molecule has 5 aliphatic carbocycles. The van der Waals surface area contributed by atoms with Gasteiger partial charge in [-0.05, 0) is 106 Å². The Kier molecular flexibility index (Phi) is 8.42. The number of thiazole rings is 1. The van der Waals surface area contributed by atoms with Crippen LogP contribution in [0, 0.1) is 40.9 Å². The molecule has 7 fully saturated rings. The number of fused-ring (bicyclic) bond motifs is 2. The zero-order valence-corrected chi connectivity index (χ0v) is 28.4. The maximum Gasteiger partial charge on any atom is 0.471 e. The van der Waals surface area contributed by atoms with Crippen molar-refractivity contribution in [2.45, 2.75) is 94.9 Å². The summed E-state index contributed by atoms with van der Waals surface area (Å²) >= 11 is 1.09. The van der Waals surface area contributed by atoms with Crippen LogP contribution in [0.25, 0.3) is 10.3 Å². The molecule has 0 radical (unpaired) electrons. The second kappa shape index (κ2) is 12.6. The Balaban J connectivity index is 1.10. The molecule has 4 bridgehead atoms. The first-order valence-electron chi connectivity index (χ1n) is 17.9. The van der Waals surface area contributed by atoms with Gasteiger partial charge in [0.15, 0.2) is 5.01 Å². The molecule has 2 aliphatic heterocycles. The Labute approximate surface area is 290 Å². The van der Waals surface area contributed by atoms with Crippen LogP contribution in [0.4, 0.5) is 13.2 Å². The Morgan fingerprint density at radius 2 is 1.76 bits per heavy atom. The molecule has 0 unspecified atom stereocenters. The van der Waals surface area contributed by atoms with Crippen molar-refractivity contribution in [2.75, 3.05) is 13.1 Å². The third-order valence-electron chi connectivity index (χ3n) is 12.6. The number of hydrogen-bond donors (Lipinski definition) is 3. The van der Waals surface area contributed by atoms with Crippen LogP contribution in [0.1, 0.15) is 80.4 Å². The zero-order valence-electron chi connectivity index (χ0n) is 27.5. The number of alkyl halides is 3. The molecule has 4 heterocycles. The number of aromatic nitrogens is 2. The summed E-state index contributed by atoms with van der Waals surface area (Å²) in [7, 11) is 0. The van der Waals surface area contributed by atoms with Crippen molar-refractivity contribution in [1.82, 2.24) is 30.8 Å². The summed E-state index contributed by atoms with van der Waals surface area (Å²) in [6.45, 7) is 0.646. The molecular formula is C35H41F3N6O5S. The van der Waals surface area contributed by atoms with Crippen molar-refractivity contribution in [3.63, 3.8) is 0 Å². The van der Waals surface area contributed by atoms with Gasteiger partial charge in [0.1, 0.15) is 22.4 Å². The molecule has 4 amide bonds. The fourth-order valence-electron chi connectivity index (χ4n) is 10.9. The fraction of sp³-hybridized carbons (Fsp3) is 0.686. The smallest absolute Gasteiger partial charge is 0.356 e. The van der Waals surface area contributed by atoms with E-state index in [1.54, 1.807) is 18.3 Å². The number of nitrogens with zero attached hydrogens (tertiary/aromatic N) is 3. The lowest BCUT2D eigenvalue weighted by molar-refractivity contribution is -0.179. The van der Waals surface area contributed by atoms with Gasteiger partial charge in [0, 0.05) is 30.6 Å². The largest absolute Gasteiger partial charge is 0.471 e. The molecule has 268 valence electrons. The van der Waals surface area contributed by atoms with E-state index < -0.39 is 59.1 Å². The molecule has 6 atom stereocenters. The SMILES string of the molecule is O=C1NCC[C@H]1C[C@H](NC(=O)[C@@H]1[C@H]2CCC[C@H]2CN1C(=O)[C@@H](NC(=O)C(F)(F)F)C12CC3CC(CC(C3)C1)C2)C(=O)c1nc2cccnc2s1. The number of Topliss-reactive ketones (excluding diaryl/α,β-unsaturated/α-hetero) is 1. The Morgan fingerprint density at radius 1 is 1.04 bits per heavy atom. The Bertz CT molecular complexity index is 1660. The van der Waals surface area contributed by atoms with Crippen molar-refractivity contribution in [1.29, 1.82) is 0 Å². The van der Waals surface area contributed by atoms with Gasteiger partial charge in [-0.2, -0.15) is 13.2 Å². The molecule has 3 N–H and O–H groups in total. The number of hydrogen-bond acceptors (Lipinski definition) is 8. The van der Waals surface area contributed by atoms with E-state index in [-0.39, 0.29) is 35.7 Å². The van der Waals surface area contributed by atoms with Crippen LogP contribution in [-0.2, 0) is 19.2 Å². The van der Waals surface area contributed by atoms with E-state index in [0.717, 1.165) is 43.4 Å². The van der Waals surface area contributed by atoms with Gasteiger partial charge in [0.25, 0.3) is 0 Å². The minimum Gasteiger partial charge on any atom is -0.356 e. The highest BCUT2D eigenvalue weighted by Gasteiger charge is 2.60. The normalized spacial score (nSPS) is 34.0. The predicted octanol–water partition coefficient (Wildman–Crippen LogP) is 3.78. The average molecular weight is 715 g/mol. The van der Waals surface area contributed by atoms with Gasteiger partial charge >= 0.3 is 12.1 Å². The van der Waals surface area contributed by atoms with Crippen LogP contribution < -0.4 is 16.0 Å². The highest BCUT2D eigenvalue weighted by atomic mass is 32.1. The lowest BCUT2D eigenvalue weighted by atomic mass is 9.47. The van der Waals surface area contributed by atoms with Gasteiger partial charge in [-0.25, -0.2) is 9.97 Å². The number of pyridine rings is 1. The van der Waals surface area contributed by atoms with Crippen molar-refractivity contribution >= 4 is 51.1 Å². The molecule has 2 aromatic rings. The first-order chi connectivity index (χ1) is 23.9. The van der Waals surface area contributed by atoms with E-state index >= 15 is 0 Å². The summed E-state index contributed by atoms with van der Waals surface area (Å²) in [5.74, 6) is -3.94. The van der Waals surface area contributed by atoms with E-state index in [0.29, 0.717) is 66.7 Å². The summed E-state index contributed by atoms with van der Waals surface area (Å²) in [6, 6.07) is -0.130. The highest BCUT2D eigenvalue weighted by Crippen LogP contribution is 2.61. The second-order valence-corrected chi connectivity index (χ2v) is 16.7. The van der Waals surface area contributed by atoms with Crippen LogP contribution in [0.2, 0.25) is 0 Å². The van der Waals surface area contributed by atoms with Crippen LogP contribution in [0.3, 0.4) is 0 Å². The number of halogens is 3. The molecule has 0 spiro atoms. The van der Waals surface area contributed by atoms with Gasteiger partial charge < -0.3 is 20.9 Å². The molecule has 2 aromatic heterocycles. The molecule has 5 saturated carbocycles. The highest BCUT2D eigenvalue weighted by molar-refractivity contribution is 7.19. The fourth-order valence-corrected chi connectivity index (χ4v) is 11.8. The minimum absolute atomic E-state index is 0.0323. The molecule has 11 nitrogen and oxygen atoms in total. The number of nitrogens with one attached hydrogen (secondary N) is 3. The van der Waals surface area contributed by atoms with Gasteiger partial charge in [-0.1, -0.05) is 17.8 Å². The molecule has 7 aliphatic rings. The van der Waals surface area contributed by atoms with Crippen molar-refractivity contribution < 1.29 is 37.1 Å². The molecule has 2 saturated heterocycles. The van der Waals surface area contributed by atoms with Crippen molar-refractivity contribution in [3.05, 3.63) is 23.3 Å². The van der Waals surface area contributed by atoms with Gasteiger partial charge in [-0.3, -0.25) is 24.0 Å². The topological polar surface area (TPSA) is 150 Å². The van der Waals surface area contributed by atoms with E-state index in [1.807, 2.05) is 0 Å². The quantitative estimate of drug-likeness (QED) is 0.335. The Hall–Kier alpha value is -3.62. The third kappa shape index (κ3) is 5.96. The van der Waals surface area contributed by atoms with E-state index in [4.69, 9.17) is 0 Å². The number of carbonyl (C=O) groups excluding carboxylic acids is 5. The van der Waals surface area contributed by atoms with Crippen LogP contribution in [0.15, 0.2) is 18.3 Å². The van der Waals surface area contributed by atoms with Crippen molar-refractivity contribution in [2.24, 2.45) is 40.9 Å². The summed E-state index contributed by atoms with van der Waals surface area (Å²) in [6.07, 6.45) is 3.89. The lowest BCUT2D eigenvalue weighted by Crippen LogP contribution is -2.65. The zero-order chi connectivity index (χ0) is 34.9. The Morgan fingerprint density at radius 3 is 2.40 bits per heavy atom.